The molecule has 0 atom stereocenters. The maximum absolute atomic E-state index is 10.9. The molecule has 0 spiro atoms. The van der Waals surface area contributed by atoms with Crippen molar-refractivity contribution in [3.8, 4) is 0 Å². The highest BCUT2D eigenvalue weighted by atomic mass is 32.1. The zero-order valence-electron chi connectivity index (χ0n) is 7.00. The quantitative estimate of drug-likeness (QED) is 0.650. The molecule has 12 heavy (non-hydrogen) atoms. The van der Waals surface area contributed by atoms with Crippen molar-refractivity contribution in [3.63, 3.8) is 0 Å². The lowest BCUT2D eigenvalue weighted by atomic mass is 10.4. The van der Waals surface area contributed by atoms with Crippen LogP contribution in [0.5, 0.6) is 0 Å². The van der Waals surface area contributed by atoms with Gasteiger partial charge >= 0.3 is 6.09 Å². The summed E-state index contributed by atoms with van der Waals surface area (Å²) < 4.78 is 4.75. The second-order valence-corrected chi connectivity index (χ2v) is 3.02. The summed E-state index contributed by atoms with van der Waals surface area (Å²) in [6.07, 6.45) is 0.481. The van der Waals surface area contributed by atoms with Crippen LogP contribution in [0.3, 0.4) is 0 Å². The molecule has 4 nitrogen and oxygen atoms in total. The van der Waals surface area contributed by atoms with E-state index in [-0.39, 0.29) is 6.09 Å². The first kappa shape index (κ1) is 9.25. The van der Waals surface area contributed by atoms with Crippen LogP contribution in [-0.2, 0) is 4.74 Å². The molecule has 0 bridgehead atoms. The summed E-state index contributed by atoms with van der Waals surface area (Å²) in [4.78, 5) is 13.3. The predicted octanol–water partition coefficient (Wildman–Crippen LogP) is 0.375. The Morgan fingerprint density at radius 1 is 1.83 bits per heavy atom. The number of hydrogen-bond donors (Lipinski definition) is 1. The molecule has 1 amide bonds. The Morgan fingerprint density at radius 3 is 3.08 bits per heavy atom. The van der Waals surface area contributed by atoms with Gasteiger partial charge in [-0.3, -0.25) is 0 Å². The molecule has 0 unspecified atom stereocenters. The van der Waals surface area contributed by atoms with Crippen LogP contribution in [-0.4, -0.2) is 42.7 Å². The Morgan fingerprint density at radius 2 is 2.58 bits per heavy atom. The van der Waals surface area contributed by atoms with E-state index >= 15 is 0 Å². The molecule has 1 saturated heterocycles. The molecule has 0 aromatic rings. The summed E-state index contributed by atoms with van der Waals surface area (Å²) in [6.45, 7) is 1.84. The van der Waals surface area contributed by atoms with Crippen LogP contribution in [0.2, 0.25) is 0 Å². The van der Waals surface area contributed by atoms with Crippen molar-refractivity contribution in [1.29, 1.82) is 0 Å². The Hall–Kier alpha value is -0.840. The first-order valence-electron chi connectivity index (χ1n) is 3.86. The van der Waals surface area contributed by atoms with Gasteiger partial charge in [0.2, 0.25) is 0 Å². The van der Waals surface area contributed by atoms with Gasteiger partial charge in [-0.2, -0.15) is 0 Å². The molecule has 0 aromatic heterocycles. The molecule has 68 valence electrons. The molecular weight excluding hydrogens is 176 g/mol. The lowest BCUT2D eigenvalue weighted by Gasteiger charge is -2.11. The summed E-state index contributed by atoms with van der Waals surface area (Å²) in [5, 5.41) is 2.86. The van der Waals surface area contributed by atoms with Crippen molar-refractivity contribution in [3.05, 3.63) is 0 Å². The Bertz CT molecular complexity index is 196. The predicted molar refractivity (Wildman–Crippen MR) is 49.2 cm³/mol. The highest BCUT2D eigenvalue weighted by molar-refractivity contribution is 7.80. The van der Waals surface area contributed by atoms with E-state index in [4.69, 9.17) is 17.0 Å². The van der Waals surface area contributed by atoms with Gasteiger partial charge in [0.15, 0.2) is 0 Å². The molecule has 5 heteroatoms. The average molecular weight is 188 g/mol. The van der Waals surface area contributed by atoms with Crippen LogP contribution < -0.4 is 5.32 Å². The number of hydrogen-bond acceptors (Lipinski definition) is 3. The number of nitrogens with zero attached hydrogens (tertiary/aromatic N) is 1. The highest BCUT2D eigenvalue weighted by Crippen LogP contribution is 2.03. The fourth-order valence-electron chi connectivity index (χ4n) is 0.990. The molecule has 1 aliphatic rings. The van der Waals surface area contributed by atoms with Crippen LogP contribution in [0.1, 0.15) is 6.42 Å². The number of carbonyl (C=O) groups is 1. The van der Waals surface area contributed by atoms with Crippen molar-refractivity contribution >= 4 is 23.3 Å². The number of nitrogens with one attached hydrogen (secondary N) is 1. The minimum absolute atomic E-state index is 0.228. The second kappa shape index (κ2) is 4.25. The summed E-state index contributed by atoms with van der Waals surface area (Å²) in [5.41, 5.74) is 0. The van der Waals surface area contributed by atoms with E-state index in [1.165, 1.54) is 0 Å². The van der Waals surface area contributed by atoms with Crippen LogP contribution in [0.25, 0.3) is 0 Å². The summed E-state index contributed by atoms with van der Waals surface area (Å²) in [6, 6.07) is 0. The first-order chi connectivity index (χ1) is 5.74. The van der Waals surface area contributed by atoms with Crippen molar-refractivity contribution in [2.45, 2.75) is 6.42 Å². The molecule has 1 heterocycles. The molecule has 0 radical (unpaired) electrons. The van der Waals surface area contributed by atoms with E-state index in [1.54, 1.807) is 11.9 Å². The first-order valence-corrected chi connectivity index (χ1v) is 4.27. The topological polar surface area (TPSA) is 41.6 Å². The Labute approximate surface area is 76.9 Å². The third-order valence-electron chi connectivity index (χ3n) is 1.73. The maximum atomic E-state index is 10.9. The maximum Gasteiger partial charge on any atom is 0.409 e. The fourth-order valence-corrected chi connectivity index (χ4v) is 1.08. The van der Waals surface area contributed by atoms with Gasteiger partial charge < -0.3 is 15.0 Å². The second-order valence-electron chi connectivity index (χ2n) is 2.52. The number of ether oxygens (including phenoxy) is 1. The summed E-state index contributed by atoms with van der Waals surface area (Å²) >= 11 is 4.94. The lowest BCUT2D eigenvalue weighted by Crippen LogP contribution is -2.29. The molecule has 1 rings (SSSR count). The van der Waals surface area contributed by atoms with Gasteiger partial charge in [0.25, 0.3) is 0 Å². The van der Waals surface area contributed by atoms with Gasteiger partial charge in [-0.25, -0.2) is 4.79 Å². The zero-order chi connectivity index (χ0) is 8.97. The number of amides is 1. The van der Waals surface area contributed by atoms with Crippen molar-refractivity contribution in [1.82, 2.24) is 10.2 Å². The fraction of sp³-hybridized carbons (Fsp3) is 0.714. The number of cyclic esters (lactones) is 1. The normalized spacial score (nSPS) is 16.1. The van der Waals surface area contributed by atoms with Gasteiger partial charge in [0.1, 0.15) is 6.61 Å². The Balaban J connectivity index is 2.22. The van der Waals surface area contributed by atoms with Crippen LogP contribution >= 0.6 is 12.2 Å². The van der Waals surface area contributed by atoms with E-state index in [2.05, 4.69) is 5.32 Å². The largest absolute Gasteiger partial charge is 0.448 e. The van der Waals surface area contributed by atoms with Gasteiger partial charge in [-0.15, -0.1) is 0 Å². The molecule has 1 N–H and O–H groups in total. The van der Waals surface area contributed by atoms with Gasteiger partial charge in [0, 0.05) is 20.0 Å². The standard InChI is InChI=1S/C7H12N2O2S/c1-8-6(12)2-3-9-4-5-11-7(9)10/h2-5H2,1H3,(H,8,12). The average Bonchev–Trinajstić information content (AvgIpc) is 2.47. The molecule has 1 aliphatic heterocycles. The molecular formula is C7H12N2O2S. The minimum atomic E-state index is -0.228. The van der Waals surface area contributed by atoms with E-state index in [9.17, 15) is 4.79 Å². The molecule has 0 aromatic carbocycles. The smallest absolute Gasteiger partial charge is 0.409 e. The van der Waals surface area contributed by atoms with Crippen LogP contribution in [0.15, 0.2) is 0 Å². The SMILES string of the molecule is CNC(=S)CCN1CCOC1=O. The van der Waals surface area contributed by atoms with E-state index in [0.717, 1.165) is 4.99 Å². The summed E-state index contributed by atoms with van der Waals surface area (Å²) in [7, 11) is 1.78. The Kier molecular flexibility index (Phi) is 3.28. The van der Waals surface area contributed by atoms with Crippen LogP contribution in [0, 0.1) is 0 Å². The van der Waals surface area contributed by atoms with Crippen molar-refractivity contribution in [2.75, 3.05) is 26.7 Å². The van der Waals surface area contributed by atoms with Gasteiger partial charge in [-0.1, -0.05) is 12.2 Å². The number of thiocarbonyl (C=S) groups is 1. The third-order valence-corrected chi connectivity index (χ3v) is 2.14. The van der Waals surface area contributed by atoms with Gasteiger partial charge in [-0.05, 0) is 0 Å². The monoisotopic (exact) mass is 188 g/mol. The number of rotatable bonds is 3. The van der Waals surface area contributed by atoms with Crippen molar-refractivity contribution in [2.24, 2.45) is 0 Å². The van der Waals surface area contributed by atoms with E-state index in [1.807, 2.05) is 0 Å². The zero-order valence-corrected chi connectivity index (χ0v) is 7.82. The third kappa shape index (κ3) is 2.34. The minimum Gasteiger partial charge on any atom is -0.448 e. The van der Waals surface area contributed by atoms with Crippen LogP contribution in [0.4, 0.5) is 4.79 Å². The molecule has 1 fully saturated rings. The van der Waals surface area contributed by atoms with Gasteiger partial charge in [0.05, 0.1) is 11.5 Å². The van der Waals surface area contributed by atoms with E-state index in [0.29, 0.717) is 26.1 Å². The summed E-state index contributed by atoms with van der Waals surface area (Å²) in [5.74, 6) is 0. The lowest BCUT2D eigenvalue weighted by molar-refractivity contribution is 0.159. The molecule has 0 saturated carbocycles. The number of carbonyl (C=O) groups excluding carboxylic acids is 1. The van der Waals surface area contributed by atoms with E-state index < -0.39 is 0 Å². The van der Waals surface area contributed by atoms with Crippen molar-refractivity contribution < 1.29 is 9.53 Å². The highest BCUT2D eigenvalue weighted by Gasteiger charge is 2.21. The molecule has 0 aliphatic carbocycles.